The minimum absolute atomic E-state index is 0.206. The first-order chi connectivity index (χ1) is 33.3. The summed E-state index contributed by atoms with van der Waals surface area (Å²) in [4.78, 5) is 13.0. The summed E-state index contributed by atoms with van der Waals surface area (Å²) in [5.74, 6) is -0.206. The summed E-state index contributed by atoms with van der Waals surface area (Å²) in [5, 5.41) is 54.4. The van der Waals surface area contributed by atoms with Crippen molar-refractivity contribution in [2.75, 3.05) is 13.2 Å². The second kappa shape index (κ2) is 47.8. The van der Waals surface area contributed by atoms with Crippen molar-refractivity contribution in [2.24, 2.45) is 0 Å². The molecule has 0 bridgehead atoms. The molecule has 7 atom stereocenters. The van der Waals surface area contributed by atoms with E-state index in [1.165, 1.54) is 96.3 Å². The Labute approximate surface area is 415 Å². The Morgan fingerprint density at radius 3 is 1.41 bits per heavy atom. The predicted octanol–water partition coefficient (Wildman–Crippen LogP) is 13.2. The van der Waals surface area contributed by atoms with Crippen LogP contribution < -0.4 is 5.32 Å². The number of hydrogen-bond acceptors (Lipinski definition) is 8. The maximum atomic E-state index is 13.0. The van der Waals surface area contributed by atoms with Crippen LogP contribution in [0.2, 0.25) is 0 Å². The third-order valence-corrected chi connectivity index (χ3v) is 12.4. The van der Waals surface area contributed by atoms with E-state index in [2.05, 4.69) is 104 Å². The number of carbonyl (C=O) groups excluding carboxylic acids is 1. The molecule has 9 heteroatoms. The average Bonchev–Trinajstić information content (AvgIpc) is 3.34. The molecule has 1 heterocycles. The van der Waals surface area contributed by atoms with Gasteiger partial charge in [0.2, 0.25) is 5.91 Å². The lowest BCUT2D eigenvalue weighted by atomic mass is 9.99. The molecule has 1 aliphatic rings. The zero-order chi connectivity index (χ0) is 49.4. The smallest absolute Gasteiger partial charge is 0.220 e. The molecule has 1 amide bonds. The highest BCUT2D eigenvalue weighted by Gasteiger charge is 2.44. The van der Waals surface area contributed by atoms with E-state index in [9.17, 15) is 30.3 Å². The number of hydrogen-bond donors (Lipinski definition) is 6. The number of nitrogens with one attached hydrogen (secondary N) is 1. The molecular formula is C59H101NO8. The Morgan fingerprint density at radius 2 is 0.926 bits per heavy atom. The molecule has 0 spiro atoms. The van der Waals surface area contributed by atoms with Gasteiger partial charge in [0.15, 0.2) is 6.29 Å². The Balaban J connectivity index is 2.32. The number of unbranched alkanes of at least 4 members (excludes halogenated alkanes) is 21. The van der Waals surface area contributed by atoms with Crippen molar-refractivity contribution in [3.63, 3.8) is 0 Å². The first-order valence-electron chi connectivity index (χ1n) is 27.5. The standard InChI is InChI=1S/C59H101NO8/c1-3-5-7-9-11-13-15-17-19-21-23-25-27-29-31-33-35-37-39-41-43-45-47-49-55(63)60-52(51-67-59-58(66)57(65)56(64)54(50-61)68-59)53(62)48-46-44-42-40-38-36-34-32-30-28-26-24-22-20-18-16-14-12-10-8-6-4-2/h5,7,11,13,17,19,23,25,29-32,38,40,46,48,52-54,56-59,61-62,64-66H,3-4,6,8-10,12,14-16,18,20-22,24,26-28,33-37,39,41-45,47,49-51H2,1-2H3,(H,60,63)/b7-5-,13-11-,19-17-,25-23-,31-29-,32-30+,40-38+,48-46+. The monoisotopic (exact) mass is 952 g/mol. The molecule has 0 saturated carbocycles. The fourth-order valence-corrected chi connectivity index (χ4v) is 8.04. The van der Waals surface area contributed by atoms with E-state index in [-0.39, 0.29) is 12.5 Å². The summed E-state index contributed by atoms with van der Waals surface area (Å²) >= 11 is 0. The molecule has 0 aliphatic carbocycles. The largest absolute Gasteiger partial charge is 0.394 e. The molecule has 6 N–H and O–H groups in total. The number of ether oxygens (including phenoxy) is 2. The Kier molecular flexibility index (Phi) is 44.3. The highest BCUT2D eigenvalue weighted by atomic mass is 16.7. The summed E-state index contributed by atoms with van der Waals surface area (Å²) < 4.78 is 11.2. The number of allylic oxidation sites excluding steroid dienone is 15. The number of rotatable bonds is 45. The van der Waals surface area contributed by atoms with Crippen molar-refractivity contribution in [2.45, 2.75) is 256 Å². The van der Waals surface area contributed by atoms with Crippen LogP contribution in [-0.2, 0) is 14.3 Å². The van der Waals surface area contributed by atoms with Gasteiger partial charge in [-0.05, 0) is 89.9 Å². The molecule has 1 rings (SSSR count). The molecule has 0 radical (unpaired) electrons. The second-order valence-corrected chi connectivity index (χ2v) is 18.6. The van der Waals surface area contributed by atoms with E-state index < -0.39 is 49.5 Å². The van der Waals surface area contributed by atoms with Crippen LogP contribution in [0, 0.1) is 0 Å². The fraction of sp³-hybridized carbons (Fsp3) is 0.712. The van der Waals surface area contributed by atoms with Crippen molar-refractivity contribution in [1.29, 1.82) is 0 Å². The van der Waals surface area contributed by atoms with Crippen LogP contribution in [0.15, 0.2) is 97.2 Å². The summed E-state index contributed by atoms with van der Waals surface area (Å²) in [6.07, 6.45) is 61.7. The third kappa shape index (κ3) is 37.0. The number of aliphatic hydroxyl groups excluding tert-OH is 5. The minimum Gasteiger partial charge on any atom is -0.394 e. The first kappa shape index (κ1) is 63.1. The SMILES string of the molecule is CC/C=C\C/C=C\C/C=C\C/C=C\C/C=C\CCCCCCCCCC(=O)NC(COC1OC(CO)C(O)C(O)C1O)C(O)/C=C/CC/C=C/CC/C=C/CCCCCCCCCCCCCC. The molecule has 0 aromatic heterocycles. The molecule has 1 aliphatic heterocycles. The molecule has 0 aromatic carbocycles. The van der Waals surface area contributed by atoms with E-state index in [4.69, 9.17) is 9.47 Å². The van der Waals surface area contributed by atoms with Gasteiger partial charge in [0.05, 0.1) is 25.4 Å². The van der Waals surface area contributed by atoms with Crippen LogP contribution in [0.25, 0.3) is 0 Å². The van der Waals surface area contributed by atoms with Crippen LogP contribution in [0.4, 0.5) is 0 Å². The first-order valence-corrected chi connectivity index (χ1v) is 27.5. The fourth-order valence-electron chi connectivity index (χ4n) is 8.04. The van der Waals surface area contributed by atoms with E-state index in [0.717, 1.165) is 96.3 Å². The van der Waals surface area contributed by atoms with Crippen LogP contribution in [0.3, 0.4) is 0 Å². The van der Waals surface area contributed by atoms with Crippen molar-refractivity contribution < 1.29 is 39.8 Å². The molecule has 7 unspecified atom stereocenters. The third-order valence-electron chi connectivity index (χ3n) is 12.4. The number of carbonyl (C=O) groups is 1. The second-order valence-electron chi connectivity index (χ2n) is 18.6. The topological polar surface area (TPSA) is 149 Å². The minimum atomic E-state index is -1.58. The van der Waals surface area contributed by atoms with Gasteiger partial charge >= 0.3 is 0 Å². The molecule has 68 heavy (non-hydrogen) atoms. The lowest BCUT2D eigenvalue weighted by molar-refractivity contribution is -0.302. The van der Waals surface area contributed by atoms with E-state index in [1.54, 1.807) is 6.08 Å². The van der Waals surface area contributed by atoms with Gasteiger partial charge < -0.3 is 40.3 Å². The summed E-state index contributed by atoms with van der Waals surface area (Å²) in [6, 6.07) is -0.841. The Bertz CT molecular complexity index is 1380. The van der Waals surface area contributed by atoms with Crippen LogP contribution in [0.5, 0.6) is 0 Å². The van der Waals surface area contributed by atoms with Crippen LogP contribution in [-0.4, -0.2) is 87.5 Å². The molecular weight excluding hydrogens is 851 g/mol. The zero-order valence-corrected chi connectivity index (χ0v) is 43.1. The van der Waals surface area contributed by atoms with Gasteiger partial charge in [-0.25, -0.2) is 0 Å². The van der Waals surface area contributed by atoms with Crippen molar-refractivity contribution in [3.05, 3.63) is 97.2 Å². The molecule has 390 valence electrons. The summed E-state index contributed by atoms with van der Waals surface area (Å²) in [5.41, 5.74) is 0. The predicted molar refractivity (Wildman–Crippen MR) is 285 cm³/mol. The Morgan fingerprint density at radius 1 is 0.515 bits per heavy atom. The normalized spacial score (nSPS) is 20.4. The van der Waals surface area contributed by atoms with Gasteiger partial charge in [-0.2, -0.15) is 0 Å². The lowest BCUT2D eigenvalue weighted by Crippen LogP contribution is -2.60. The van der Waals surface area contributed by atoms with Crippen molar-refractivity contribution in [3.8, 4) is 0 Å². The zero-order valence-electron chi connectivity index (χ0n) is 43.1. The number of amides is 1. The maximum Gasteiger partial charge on any atom is 0.220 e. The molecule has 9 nitrogen and oxygen atoms in total. The van der Waals surface area contributed by atoms with Gasteiger partial charge in [-0.1, -0.05) is 214 Å². The molecule has 1 saturated heterocycles. The van der Waals surface area contributed by atoms with Gasteiger partial charge in [0.1, 0.15) is 24.4 Å². The number of aliphatic hydroxyl groups is 5. The van der Waals surface area contributed by atoms with Crippen LogP contribution in [0.1, 0.15) is 213 Å². The van der Waals surface area contributed by atoms with E-state index in [0.29, 0.717) is 6.42 Å². The van der Waals surface area contributed by atoms with Crippen molar-refractivity contribution >= 4 is 5.91 Å². The van der Waals surface area contributed by atoms with E-state index in [1.807, 2.05) is 6.08 Å². The average molecular weight is 952 g/mol. The van der Waals surface area contributed by atoms with Gasteiger partial charge in [-0.3, -0.25) is 4.79 Å². The maximum absolute atomic E-state index is 13.0. The lowest BCUT2D eigenvalue weighted by Gasteiger charge is -2.40. The highest BCUT2D eigenvalue weighted by Crippen LogP contribution is 2.23. The molecule has 1 fully saturated rings. The molecule has 0 aromatic rings. The van der Waals surface area contributed by atoms with Gasteiger partial charge in [-0.15, -0.1) is 0 Å². The summed E-state index contributed by atoms with van der Waals surface area (Å²) in [7, 11) is 0. The van der Waals surface area contributed by atoms with Gasteiger partial charge in [0, 0.05) is 6.42 Å². The Hall–Kier alpha value is -2.89. The summed E-state index contributed by atoms with van der Waals surface area (Å²) in [6.45, 7) is 3.63. The highest BCUT2D eigenvalue weighted by molar-refractivity contribution is 5.76. The van der Waals surface area contributed by atoms with Crippen LogP contribution >= 0.6 is 0 Å². The quantitative estimate of drug-likeness (QED) is 0.0261. The van der Waals surface area contributed by atoms with Gasteiger partial charge in [0.25, 0.3) is 0 Å². The van der Waals surface area contributed by atoms with Crippen molar-refractivity contribution in [1.82, 2.24) is 5.32 Å². The van der Waals surface area contributed by atoms with E-state index >= 15 is 0 Å².